The normalized spacial score (nSPS) is 16.3. The highest BCUT2D eigenvalue weighted by molar-refractivity contribution is 5.67. The Kier molecular flexibility index (Phi) is 9.61. The zero-order valence-electron chi connectivity index (χ0n) is 12.6. The van der Waals surface area contributed by atoms with E-state index in [-0.39, 0.29) is 6.61 Å². The van der Waals surface area contributed by atoms with Crippen LogP contribution in [0, 0.1) is 0 Å². The van der Waals surface area contributed by atoms with E-state index in [0.29, 0.717) is 19.0 Å². The summed E-state index contributed by atoms with van der Waals surface area (Å²) in [5.41, 5.74) is 5.18. The molecule has 19 heavy (non-hydrogen) atoms. The molecule has 0 spiro atoms. The van der Waals surface area contributed by atoms with Gasteiger partial charge in [-0.05, 0) is 40.0 Å². The molecule has 0 heterocycles. The molecule has 0 aromatic heterocycles. The average molecular weight is 274 g/mol. The van der Waals surface area contributed by atoms with E-state index in [9.17, 15) is 4.79 Å². The SMILES string of the molecule is CC(C)(C)OC(=O)NCCCO.NC1CCCCC1. The molecule has 1 amide bonds. The number of carbonyl (C=O) groups is 1. The molecular weight excluding hydrogens is 244 g/mol. The topological polar surface area (TPSA) is 84.6 Å². The minimum atomic E-state index is -0.455. The van der Waals surface area contributed by atoms with E-state index in [4.69, 9.17) is 15.6 Å². The summed E-state index contributed by atoms with van der Waals surface area (Å²) in [6.07, 6.45) is 6.78. The lowest BCUT2D eigenvalue weighted by Crippen LogP contribution is -2.33. The highest BCUT2D eigenvalue weighted by atomic mass is 16.6. The molecule has 0 atom stereocenters. The van der Waals surface area contributed by atoms with Crippen molar-refractivity contribution in [1.29, 1.82) is 0 Å². The van der Waals surface area contributed by atoms with Gasteiger partial charge in [0, 0.05) is 19.2 Å². The second kappa shape index (κ2) is 10.0. The molecule has 5 heteroatoms. The van der Waals surface area contributed by atoms with E-state index in [1.54, 1.807) is 20.8 Å². The van der Waals surface area contributed by atoms with Crippen molar-refractivity contribution in [2.75, 3.05) is 13.2 Å². The highest BCUT2D eigenvalue weighted by Gasteiger charge is 2.15. The van der Waals surface area contributed by atoms with E-state index >= 15 is 0 Å². The minimum absolute atomic E-state index is 0.0792. The van der Waals surface area contributed by atoms with Crippen molar-refractivity contribution in [3.8, 4) is 0 Å². The smallest absolute Gasteiger partial charge is 0.407 e. The van der Waals surface area contributed by atoms with E-state index in [0.717, 1.165) is 0 Å². The van der Waals surface area contributed by atoms with Crippen molar-refractivity contribution in [2.45, 2.75) is 70.9 Å². The number of hydrogen-bond donors (Lipinski definition) is 3. The molecule has 0 bridgehead atoms. The minimum Gasteiger partial charge on any atom is -0.444 e. The standard InChI is InChI=1S/C8H17NO3.C6H13N/c1-8(2,3)12-7(11)9-5-4-6-10;7-6-4-2-1-3-5-6/h10H,4-6H2,1-3H3,(H,9,11);6H,1-5,7H2. The summed E-state index contributed by atoms with van der Waals surface area (Å²) in [6.45, 7) is 5.94. The lowest BCUT2D eigenvalue weighted by atomic mass is 9.97. The Hall–Kier alpha value is -0.810. The molecule has 5 nitrogen and oxygen atoms in total. The second-order valence-corrected chi connectivity index (χ2v) is 5.90. The number of hydrogen-bond acceptors (Lipinski definition) is 4. The van der Waals surface area contributed by atoms with Gasteiger partial charge in [0.2, 0.25) is 0 Å². The summed E-state index contributed by atoms with van der Waals surface area (Å²) in [7, 11) is 0. The maximum absolute atomic E-state index is 10.9. The number of ether oxygens (including phenoxy) is 1. The average Bonchev–Trinajstić information content (AvgIpc) is 2.29. The fourth-order valence-corrected chi connectivity index (χ4v) is 1.72. The van der Waals surface area contributed by atoms with Crippen LogP contribution < -0.4 is 11.1 Å². The predicted molar refractivity (Wildman–Crippen MR) is 77.0 cm³/mol. The van der Waals surface area contributed by atoms with Crippen LogP contribution >= 0.6 is 0 Å². The summed E-state index contributed by atoms with van der Waals surface area (Å²) in [6, 6.07) is 0.536. The quantitative estimate of drug-likeness (QED) is 0.689. The molecule has 0 saturated heterocycles. The van der Waals surface area contributed by atoms with Crippen LogP contribution in [-0.2, 0) is 4.74 Å². The monoisotopic (exact) mass is 274 g/mol. The first-order chi connectivity index (χ1) is 8.85. The lowest BCUT2D eigenvalue weighted by molar-refractivity contribution is 0.0525. The third-order valence-corrected chi connectivity index (χ3v) is 2.65. The first-order valence-electron chi connectivity index (χ1n) is 7.18. The highest BCUT2D eigenvalue weighted by Crippen LogP contribution is 2.14. The van der Waals surface area contributed by atoms with Gasteiger partial charge in [-0.2, -0.15) is 0 Å². The van der Waals surface area contributed by atoms with Crippen LogP contribution in [0.1, 0.15) is 59.3 Å². The Balaban J connectivity index is 0.000000388. The molecule has 0 aromatic carbocycles. The van der Waals surface area contributed by atoms with E-state index in [1.165, 1.54) is 32.1 Å². The first kappa shape index (κ1) is 18.2. The van der Waals surface area contributed by atoms with Gasteiger partial charge < -0.3 is 20.9 Å². The molecule has 114 valence electrons. The van der Waals surface area contributed by atoms with Crippen molar-refractivity contribution in [3.05, 3.63) is 0 Å². The largest absolute Gasteiger partial charge is 0.444 e. The lowest BCUT2D eigenvalue weighted by Gasteiger charge is -2.19. The van der Waals surface area contributed by atoms with Crippen LogP contribution in [0.5, 0.6) is 0 Å². The van der Waals surface area contributed by atoms with Crippen molar-refractivity contribution in [2.24, 2.45) is 5.73 Å². The Morgan fingerprint density at radius 1 is 1.32 bits per heavy atom. The van der Waals surface area contributed by atoms with Crippen LogP contribution in [0.25, 0.3) is 0 Å². The first-order valence-corrected chi connectivity index (χ1v) is 7.18. The van der Waals surface area contributed by atoms with Crippen LogP contribution in [0.15, 0.2) is 0 Å². The molecule has 0 unspecified atom stereocenters. The third kappa shape index (κ3) is 13.4. The number of alkyl carbamates (subject to hydrolysis) is 1. The molecule has 1 aliphatic rings. The van der Waals surface area contributed by atoms with Gasteiger partial charge in [0.1, 0.15) is 5.60 Å². The summed E-state index contributed by atoms with van der Waals surface area (Å²) in [5, 5.41) is 10.9. The number of nitrogens with one attached hydrogen (secondary N) is 1. The van der Waals surface area contributed by atoms with Crippen molar-refractivity contribution >= 4 is 6.09 Å². The summed E-state index contributed by atoms with van der Waals surface area (Å²) >= 11 is 0. The molecule has 1 rings (SSSR count). The summed E-state index contributed by atoms with van der Waals surface area (Å²) in [5.74, 6) is 0. The van der Waals surface area contributed by atoms with Gasteiger partial charge in [0.25, 0.3) is 0 Å². The number of amides is 1. The van der Waals surface area contributed by atoms with Crippen LogP contribution in [0.4, 0.5) is 4.79 Å². The van der Waals surface area contributed by atoms with Gasteiger partial charge in [-0.3, -0.25) is 0 Å². The molecular formula is C14H30N2O3. The van der Waals surface area contributed by atoms with E-state index in [1.807, 2.05) is 0 Å². The Labute approximate surface area is 116 Å². The van der Waals surface area contributed by atoms with Crippen LogP contribution in [0.3, 0.4) is 0 Å². The Bertz CT molecular complexity index is 233. The van der Waals surface area contributed by atoms with Crippen molar-refractivity contribution in [3.63, 3.8) is 0 Å². The molecule has 1 fully saturated rings. The molecule has 0 aliphatic heterocycles. The number of carbonyl (C=O) groups excluding carboxylic acids is 1. The fourth-order valence-electron chi connectivity index (χ4n) is 1.72. The molecule has 0 aromatic rings. The van der Waals surface area contributed by atoms with E-state index in [2.05, 4.69) is 5.32 Å². The number of rotatable bonds is 3. The number of aliphatic hydroxyl groups excluding tert-OH is 1. The van der Waals surface area contributed by atoms with Gasteiger partial charge in [-0.15, -0.1) is 0 Å². The zero-order valence-corrected chi connectivity index (χ0v) is 12.6. The zero-order chi connectivity index (χ0) is 14.7. The van der Waals surface area contributed by atoms with Crippen LogP contribution in [-0.4, -0.2) is 36.0 Å². The summed E-state index contributed by atoms with van der Waals surface area (Å²) < 4.78 is 4.95. The second-order valence-electron chi connectivity index (χ2n) is 5.90. The van der Waals surface area contributed by atoms with E-state index < -0.39 is 11.7 Å². The summed E-state index contributed by atoms with van der Waals surface area (Å²) in [4.78, 5) is 10.9. The van der Waals surface area contributed by atoms with Gasteiger partial charge in [0.05, 0.1) is 0 Å². The third-order valence-electron chi connectivity index (χ3n) is 2.65. The van der Waals surface area contributed by atoms with Gasteiger partial charge in [0.15, 0.2) is 0 Å². The van der Waals surface area contributed by atoms with Gasteiger partial charge >= 0.3 is 6.09 Å². The molecule has 1 aliphatic carbocycles. The number of nitrogens with two attached hydrogens (primary N) is 1. The van der Waals surface area contributed by atoms with Gasteiger partial charge in [-0.25, -0.2) is 4.79 Å². The Morgan fingerprint density at radius 3 is 2.26 bits per heavy atom. The molecule has 1 saturated carbocycles. The maximum Gasteiger partial charge on any atom is 0.407 e. The van der Waals surface area contributed by atoms with Crippen molar-refractivity contribution in [1.82, 2.24) is 5.32 Å². The predicted octanol–water partition coefficient (Wildman–Crippen LogP) is 2.17. The van der Waals surface area contributed by atoms with Crippen LogP contribution in [0.2, 0.25) is 0 Å². The van der Waals surface area contributed by atoms with Gasteiger partial charge in [-0.1, -0.05) is 19.3 Å². The Morgan fingerprint density at radius 2 is 1.89 bits per heavy atom. The maximum atomic E-state index is 10.9. The molecule has 4 N–H and O–H groups in total. The fraction of sp³-hybridized carbons (Fsp3) is 0.929. The van der Waals surface area contributed by atoms with Crippen molar-refractivity contribution < 1.29 is 14.6 Å². The number of aliphatic hydroxyl groups is 1. The molecule has 0 radical (unpaired) electrons.